The third-order valence-corrected chi connectivity index (χ3v) is 5.73. The van der Waals surface area contributed by atoms with Crippen LogP contribution in [0.4, 0.5) is 17.1 Å². The van der Waals surface area contributed by atoms with E-state index in [1.165, 1.54) is 0 Å². The first kappa shape index (κ1) is 21.5. The molecule has 0 aliphatic rings. The molecule has 0 aliphatic carbocycles. The normalized spacial score (nSPS) is 12.2. The number of benzene rings is 2. The Morgan fingerprint density at radius 2 is 1.50 bits per heavy atom. The van der Waals surface area contributed by atoms with Crippen molar-refractivity contribution in [2.45, 2.75) is 13.0 Å². The Kier molecular flexibility index (Phi) is 6.18. The number of sulfonamides is 1. The Balaban J connectivity index is 1.80. The Morgan fingerprint density at radius 3 is 2.09 bits per heavy atom. The Bertz CT molecular complexity index is 1260. The fraction of sp³-hybridized carbons (Fsp3) is 0.120. The van der Waals surface area contributed by atoms with Crippen LogP contribution in [-0.4, -0.2) is 24.6 Å². The number of aromatic nitrogens is 2. The molecule has 1 N–H and O–H groups in total. The summed E-state index contributed by atoms with van der Waals surface area (Å²) in [4.78, 5) is 10.8. The van der Waals surface area contributed by atoms with Crippen molar-refractivity contribution in [3.63, 3.8) is 0 Å². The van der Waals surface area contributed by atoms with E-state index in [1.54, 1.807) is 18.5 Å². The van der Waals surface area contributed by atoms with Crippen LogP contribution in [0, 0.1) is 0 Å². The molecule has 1 unspecified atom stereocenters. The van der Waals surface area contributed by atoms with Crippen LogP contribution in [-0.2, 0) is 10.0 Å². The molecule has 7 heteroatoms. The zero-order valence-electron chi connectivity index (χ0n) is 17.9. The van der Waals surface area contributed by atoms with Gasteiger partial charge in [0.2, 0.25) is 10.0 Å². The number of hydrogen-bond acceptors (Lipinski definition) is 5. The van der Waals surface area contributed by atoms with Crippen molar-refractivity contribution in [1.29, 1.82) is 0 Å². The number of hydrogen-bond donors (Lipinski definition) is 1. The van der Waals surface area contributed by atoms with Gasteiger partial charge in [0.1, 0.15) is 0 Å². The number of nitrogens with zero attached hydrogens (tertiary/aromatic N) is 3. The van der Waals surface area contributed by atoms with E-state index < -0.39 is 10.0 Å². The van der Waals surface area contributed by atoms with Gasteiger partial charge in [-0.3, -0.25) is 14.7 Å². The van der Waals surface area contributed by atoms with Crippen LogP contribution in [0.3, 0.4) is 0 Å². The number of anilines is 3. The van der Waals surface area contributed by atoms with Gasteiger partial charge in [0.05, 0.1) is 36.1 Å². The van der Waals surface area contributed by atoms with Gasteiger partial charge in [-0.1, -0.05) is 36.4 Å². The van der Waals surface area contributed by atoms with Crippen LogP contribution < -0.4 is 9.62 Å². The average molecular weight is 445 g/mol. The van der Waals surface area contributed by atoms with Crippen LogP contribution in [0.2, 0.25) is 0 Å². The maximum atomic E-state index is 11.7. The monoisotopic (exact) mass is 444 g/mol. The van der Waals surface area contributed by atoms with Crippen molar-refractivity contribution in [2.75, 3.05) is 15.9 Å². The van der Waals surface area contributed by atoms with Crippen LogP contribution in [0.5, 0.6) is 0 Å². The lowest BCUT2D eigenvalue weighted by molar-refractivity contribution is 0.607. The maximum absolute atomic E-state index is 11.7. The van der Waals surface area contributed by atoms with Gasteiger partial charge >= 0.3 is 0 Å². The summed E-state index contributed by atoms with van der Waals surface area (Å²) in [6, 6.07) is 23.4. The number of rotatable bonds is 7. The smallest absolute Gasteiger partial charge is 0.229 e. The van der Waals surface area contributed by atoms with E-state index in [-0.39, 0.29) is 6.04 Å². The zero-order chi connectivity index (χ0) is 22.6. The van der Waals surface area contributed by atoms with E-state index in [4.69, 9.17) is 0 Å². The summed E-state index contributed by atoms with van der Waals surface area (Å²) in [7, 11) is -3.36. The van der Waals surface area contributed by atoms with Crippen molar-refractivity contribution in [2.24, 2.45) is 0 Å². The van der Waals surface area contributed by atoms with Crippen LogP contribution in [0.1, 0.15) is 18.5 Å². The van der Waals surface area contributed by atoms with Gasteiger partial charge in [-0.25, -0.2) is 8.42 Å². The molecule has 1 atom stereocenters. The van der Waals surface area contributed by atoms with E-state index in [0.717, 1.165) is 34.3 Å². The summed E-state index contributed by atoms with van der Waals surface area (Å²) in [6.07, 6.45) is 8.33. The second-order valence-electron chi connectivity index (χ2n) is 7.51. The predicted octanol–water partition coefficient (Wildman–Crippen LogP) is 5.41. The summed E-state index contributed by atoms with van der Waals surface area (Å²) < 4.78 is 26.0. The van der Waals surface area contributed by atoms with Crippen LogP contribution in [0.15, 0.2) is 97.6 Å². The third kappa shape index (κ3) is 4.95. The molecule has 162 valence electrons. The highest BCUT2D eigenvalue weighted by atomic mass is 32.2. The predicted molar refractivity (Wildman–Crippen MR) is 129 cm³/mol. The SMILES string of the molecule is CC(c1ccccc1-c1cccc(NS(C)(=O)=O)c1)N(c1cccnc1)c1cccnc1. The van der Waals surface area contributed by atoms with Gasteiger partial charge in [0.25, 0.3) is 0 Å². The zero-order valence-corrected chi connectivity index (χ0v) is 18.7. The molecule has 0 bridgehead atoms. The number of nitrogens with one attached hydrogen (secondary N) is 1. The molecule has 0 spiro atoms. The van der Waals surface area contributed by atoms with Gasteiger partial charge in [0.15, 0.2) is 0 Å². The van der Waals surface area contributed by atoms with Crippen LogP contribution >= 0.6 is 0 Å². The molecule has 32 heavy (non-hydrogen) atoms. The highest BCUT2D eigenvalue weighted by molar-refractivity contribution is 7.92. The minimum absolute atomic E-state index is 0.0499. The lowest BCUT2D eigenvalue weighted by atomic mass is 9.94. The molecular weight excluding hydrogens is 420 g/mol. The standard InChI is InChI=1S/C25H24N4O2S/c1-19(29(22-10-6-14-26-17-22)23-11-7-15-27-18-23)24-12-3-4-13-25(24)20-8-5-9-21(16-20)28-32(2,30)31/h3-19,28H,1-2H3. The van der Waals surface area contributed by atoms with Gasteiger partial charge in [-0.2, -0.15) is 0 Å². The molecule has 0 radical (unpaired) electrons. The largest absolute Gasteiger partial charge is 0.332 e. The minimum atomic E-state index is -3.36. The highest BCUT2D eigenvalue weighted by Crippen LogP contribution is 2.38. The van der Waals surface area contributed by atoms with Gasteiger partial charge < -0.3 is 4.90 Å². The average Bonchev–Trinajstić information content (AvgIpc) is 2.80. The van der Waals surface area contributed by atoms with Crippen molar-refractivity contribution < 1.29 is 8.42 Å². The topological polar surface area (TPSA) is 75.2 Å². The van der Waals surface area contributed by atoms with Gasteiger partial charge in [-0.15, -0.1) is 0 Å². The minimum Gasteiger partial charge on any atom is -0.332 e. The third-order valence-electron chi connectivity index (χ3n) is 5.12. The fourth-order valence-corrected chi connectivity index (χ4v) is 4.37. The Hall–Kier alpha value is -3.71. The molecule has 2 heterocycles. The molecule has 6 nitrogen and oxygen atoms in total. The van der Waals surface area contributed by atoms with E-state index in [0.29, 0.717) is 5.69 Å². The van der Waals surface area contributed by atoms with Crippen molar-refractivity contribution in [3.8, 4) is 11.1 Å². The van der Waals surface area contributed by atoms with Crippen LogP contribution in [0.25, 0.3) is 11.1 Å². The van der Waals surface area contributed by atoms with Crippen molar-refractivity contribution in [3.05, 3.63) is 103 Å². The highest BCUT2D eigenvalue weighted by Gasteiger charge is 2.22. The number of pyridine rings is 2. The first-order valence-corrected chi connectivity index (χ1v) is 12.1. The lowest BCUT2D eigenvalue weighted by Crippen LogP contribution is -2.22. The first-order valence-electron chi connectivity index (χ1n) is 10.2. The molecule has 0 saturated heterocycles. The van der Waals surface area contributed by atoms with Gasteiger partial charge in [-0.05, 0) is 60.0 Å². The summed E-state index contributed by atoms with van der Waals surface area (Å²) in [5.74, 6) is 0. The maximum Gasteiger partial charge on any atom is 0.229 e. The van der Waals surface area contributed by atoms with E-state index in [1.807, 2.05) is 67.0 Å². The summed E-state index contributed by atoms with van der Waals surface area (Å²) in [5, 5.41) is 0. The Morgan fingerprint density at radius 1 is 0.844 bits per heavy atom. The molecule has 0 fully saturated rings. The second kappa shape index (κ2) is 9.20. The molecule has 0 amide bonds. The summed E-state index contributed by atoms with van der Waals surface area (Å²) in [6.45, 7) is 2.14. The van der Waals surface area contributed by atoms with Crippen molar-refractivity contribution in [1.82, 2.24) is 9.97 Å². The molecule has 0 aliphatic heterocycles. The fourth-order valence-electron chi connectivity index (χ4n) is 3.82. The first-order chi connectivity index (χ1) is 15.4. The molecule has 2 aromatic heterocycles. The summed E-state index contributed by atoms with van der Waals surface area (Å²) in [5.41, 5.74) is 5.49. The molecule has 0 saturated carbocycles. The lowest BCUT2D eigenvalue weighted by Gasteiger charge is -2.32. The molecule has 4 rings (SSSR count). The Labute approximate surface area is 188 Å². The quantitative estimate of drug-likeness (QED) is 0.412. The van der Waals surface area contributed by atoms with E-state index >= 15 is 0 Å². The summed E-state index contributed by atoms with van der Waals surface area (Å²) >= 11 is 0. The molecule has 2 aromatic carbocycles. The van der Waals surface area contributed by atoms with Gasteiger partial charge in [0, 0.05) is 18.1 Å². The second-order valence-corrected chi connectivity index (χ2v) is 9.26. The molecule has 4 aromatic rings. The van der Waals surface area contributed by atoms with E-state index in [9.17, 15) is 8.42 Å². The van der Waals surface area contributed by atoms with Crippen molar-refractivity contribution >= 4 is 27.1 Å². The van der Waals surface area contributed by atoms with E-state index in [2.05, 4.69) is 38.6 Å². The molecular formula is C25H24N4O2S.